The topological polar surface area (TPSA) is 55.8 Å². The molecule has 2 rings (SSSR count). The lowest BCUT2D eigenvalue weighted by molar-refractivity contribution is -0.276. The summed E-state index contributed by atoms with van der Waals surface area (Å²) in [6.07, 6.45) is -4.79. The maximum atomic E-state index is 12.8. The van der Waals surface area contributed by atoms with Gasteiger partial charge in [0.2, 0.25) is 0 Å². The fraction of sp³-hybridized carbons (Fsp3) is 0.381. The largest absolute Gasteiger partial charge is 0.423 e. The van der Waals surface area contributed by atoms with Gasteiger partial charge in [-0.15, -0.1) is 0 Å². The van der Waals surface area contributed by atoms with Gasteiger partial charge in [0.1, 0.15) is 5.75 Å². The van der Waals surface area contributed by atoms with Gasteiger partial charge in [0, 0.05) is 5.57 Å². The summed E-state index contributed by atoms with van der Waals surface area (Å²) < 4.78 is 49.1. The fourth-order valence-corrected chi connectivity index (χ4v) is 2.34. The van der Waals surface area contributed by atoms with E-state index in [0.717, 1.165) is 10.8 Å². The molecule has 4 nitrogen and oxygen atoms in total. The third kappa shape index (κ3) is 4.91. The zero-order chi connectivity index (χ0) is 21.3. The summed E-state index contributed by atoms with van der Waals surface area (Å²) in [4.78, 5) is 11.6. The second-order valence-electron chi connectivity index (χ2n) is 7.46. The smallest absolute Gasteiger partial charge is 0.419 e. The fourth-order valence-electron chi connectivity index (χ4n) is 2.34. The minimum Gasteiger partial charge on any atom is -0.423 e. The molecule has 0 amide bonds. The Hall–Kier alpha value is -2.38. The van der Waals surface area contributed by atoms with Crippen molar-refractivity contribution in [3.63, 3.8) is 0 Å². The van der Waals surface area contributed by atoms with Crippen LogP contribution in [0.5, 0.6) is 5.75 Å². The van der Waals surface area contributed by atoms with E-state index in [9.17, 15) is 23.1 Å². The molecule has 0 spiro atoms. The summed E-state index contributed by atoms with van der Waals surface area (Å²) in [6, 6.07) is 10.3. The van der Waals surface area contributed by atoms with E-state index >= 15 is 0 Å². The van der Waals surface area contributed by atoms with Crippen LogP contribution in [0.2, 0.25) is 0 Å². The van der Waals surface area contributed by atoms with E-state index in [-0.39, 0.29) is 5.57 Å². The second-order valence-corrected chi connectivity index (χ2v) is 7.46. The summed E-state index contributed by atoms with van der Waals surface area (Å²) in [5.74, 6) is -0.160. The molecule has 1 unspecified atom stereocenters. The van der Waals surface area contributed by atoms with Crippen LogP contribution in [0, 0.1) is 0 Å². The number of esters is 1. The average molecular weight is 396 g/mol. The third-order valence-corrected chi connectivity index (χ3v) is 4.39. The van der Waals surface area contributed by atoms with Crippen molar-refractivity contribution in [3.8, 4) is 5.75 Å². The van der Waals surface area contributed by atoms with Crippen molar-refractivity contribution >= 4 is 16.7 Å². The first-order chi connectivity index (χ1) is 12.7. The van der Waals surface area contributed by atoms with Gasteiger partial charge in [-0.05, 0) is 62.2 Å². The number of benzene rings is 2. The van der Waals surface area contributed by atoms with Crippen LogP contribution in [0.4, 0.5) is 13.2 Å². The monoisotopic (exact) mass is 396 g/mol. The highest BCUT2D eigenvalue weighted by atomic mass is 19.4. The van der Waals surface area contributed by atoms with Crippen molar-refractivity contribution < 1.29 is 32.5 Å². The number of carbonyl (C=O) groups excluding carboxylic acids is 1. The van der Waals surface area contributed by atoms with Gasteiger partial charge in [0.15, 0.2) is 5.60 Å². The lowest BCUT2D eigenvalue weighted by Gasteiger charge is -2.32. The first-order valence-corrected chi connectivity index (χ1v) is 8.58. The van der Waals surface area contributed by atoms with E-state index in [1.54, 1.807) is 57.2 Å². The molecule has 0 aliphatic rings. The number of ether oxygens (including phenoxy) is 2. The Morgan fingerprint density at radius 3 is 2.21 bits per heavy atom. The molecular weight excluding hydrogens is 373 g/mol. The van der Waals surface area contributed by atoms with E-state index in [1.807, 2.05) is 0 Å². The van der Waals surface area contributed by atoms with Crippen molar-refractivity contribution in [3.05, 3.63) is 54.1 Å². The average Bonchev–Trinajstić information content (AvgIpc) is 2.58. The second kappa shape index (κ2) is 7.56. The van der Waals surface area contributed by atoms with Crippen LogP contribution in [0.15, 0.2) is 48.6 Å². The van der Waals surface area contributed by atoms with Gasteiger partial charge in [-0.2, -0.15) is 13.2 Å². The van der Waals surface area contributed by atoms with Crippen molar-refractivity contribution in [1.29, 1.82) is 0 Å². The highest BCUT2D eigenvalue weighted by Gasteiger charge is 2.50. The number of halogens is 3. The summed E-state index contributed by atoms with van der Waals surface area (Å²) in [5.41, 5.74) is -3.08. The van der Waals surface area contributed by atoms with Crippen molar-refractivity contribution in [2.75, 3.05) is 6.61 Å². The molecule has 0 heterocycles. The first kappa shape index (κ1) is 21.9. The number of hydrogen-bond acceptors (Lipinski definition) is 4. The molecule has 0 saturated heterocycles. The van der Waals surface area contributed by atoms with E-state index < -0.39 is 30.0 Å². The van der Waals surface area contributed by atoms with E-state index in [0.29, 0.717) is 18.2 Å². The molecule has 0 saturated carbocycles. The highest BCUT2D eigenvalue weighted by Crippen LogP contribution is 2.34. The summed E-state index contributed by atoms with van der Waals surface area (Å²) in [5, 5.41) is 11.2. The quantitative estimate of drug-likeness (QED) is 0.429. The summed E-state index contributed by atoms with van der Waals surface area (Å²) in [6.45, 7) is 8.12. The van der Waals surface area contributed by atoms with Crippen molar-refractivity contribution in [1.82, 2.24) is 0 Å². The number of aliphatic hydroxyl groups is 1. The minimum atomic E-state index is -4.79. The van der Waals surface area contributed by atoms with Gasteiger partial charge >= 0.3 is 12.1 Å². The molecule has 0 aromatic heterocycles. The lowest BCUT2D eigenvalue weighted by atomic mass is 9.94. The minimum absolute atomic E-state index is 0.282. The molecule has 2 aromatic rings. The predicted molar refractivity (Wildman–Crippen MR) is 100 cm³/mol. The zero-order valence-electron chi connectivity index (χ0n) is 16.2. The van der Waals surface area contributed by atoms with Crippen LogP contribution in [0.25, 0.3) is 10.8 Å². The predicted octanol–water partition coefficient (Wildman–Crippen LogP) is 4.89. The van der Waals surface area contributed by atoms with Crippen molar-refractivity contribution in [2.45, 2.75) is 45.1 Å². The van der Waals surface area contributed by atoms with Gasteiger partial charge in [-0.25, -0.2) is 4.79 Å². The Bertz CT molecular complexity index is 898. The Morgan fingerprint density at radius 1 is 1.07 bits per heavy atom. The first-order valence-electron chi connectivity index (χ1n) is 8.58. The van der Waals surface area contributed by atoms with Gasteiger partial charge in [0.05, 0.1) is 12.2 Å². The van der Waals surface area contributed by atoms with Gasteiger partial charge in [0.25, 0.3) is 0 Å². The molecule has 7 heteroatoms. The Labute approximate surface area is 161 Å². The van der Waals surface area contributed by atoms with E-state index in [2.05, 4.69) is 6.58 Å². The number of rotatable bonds is 6. The van der Waals surface area contributed by atoms with E-state index in [1.165, 1.54) is 0 Å². The van der Waals surface area contributed by atoms with Crippen LogP contribution in [-0.2, 0) is 15.1 Å². The highest BCUT2D eigenvalue weighted by molar-refractivity contribution is 5.90. The molecule has 0 radical (unpaired) electrons. The van der Waals surface area contributed by atoms with Crippen LogP contribution in [0.1, 0.15) is 33.3 Å². The SMILES string of the molecule is C=C(C)C(=O)Oc1ccc2cc(C(C)(C)OCC(C)(O)C(F)(F)F)ccc2c1. The van der Waals surface area contributed by atoms with E-state index in [4.69, 9.17) is 9.47 Å². The molecular formula is C21H23F3O4. The van der Waals surface area contributed by atoms with Crippen LogP contribution < -0.4 is 4.74 Å². The third-order valence-electron chi connectivity index (χ3n) is 4.39. The van der Waals surface area contributed by atoms with Crippen LogP contribution >= 0.6 is 0 Å². The van der Waals surface area contributed by atoms with Crippen LogP contribution in [-0.4, -0.2) is 29.5 Å². The Kier molecular flexibility index (Phi) is 5.92. The van der Waals surface area contributed by atoms with Gasteiger partial charge in [-0.3, -0.25) is 0 Å². The molecule has 1 N–H and O–H groups in total. The maximum absolute atomic E-state index is 12.8. The zero-order valence-corrected chi connectivity index (χ0v) is 16.2. The lowest BCUT2D eigenvalue weighted by Crippen LogP contribution is -2.47. The molecule has 0 bridgehead atoms. The maximum Gasteiger partial charge on any atom is 0.419 e. The molecule has 0 aliphatic carbocycles. The standard InChI is InChI=1S/C21H23F3O4/c1-13(2)18(25)28-17-9-7-14-10-16(8-6-15(14)11-17)19(3,4)27-12-20(5,26)21(22,23)24/h6-11,26H,1,12H2,2-5H3. The van der Waals surface area contributed by atoms with Gasteiger partial charge < -0.3 is 14.6 Å². The normalized spacial score (nSPS) is 14.6. The number of fused-ring (bicyclic) bond motifs is 1. The van der Waals surface area contributed by atoms with Crippen molar-refractivity contribution in [2.24, 2.45) is 0 Å². The summed E-state index contributed by atoms with van der Waals surface area (Å²) in [7, 11) is 0. The Balaban J connectivity index is 2.23. The molecule has 28 heavy (non-hydrogen) atoms. The number of carbonyl (C=O) groups is 1. The summed E-state index contributed by atoms with van der Waals surface area (Å²) >= 11 is 0. The van der Waals surface area contributed by atoms with Gasteiger partial charge in [-0.1, -0.05) is 24.8 Å². The molecule has 1 atom stereocenters. The number of hydrogen-bond donors (Lipinski definition) is 1. The Morgan fingerprint density at radius 2 is 1.64 bits per heavy atom. The number of alkyl halides is 3. The molecule has 2 aromatic carbocycles. The molecule has 0 aliphatic heterocycles. The molecule has 152 valence electrons. The molecule has 0 fully saturated rings. The van der Waals surface area contributed by atoms with Crippen LogP contribution in [0.3, 0.4) is 0 Å².